The zero-order valence-corrected chi connectivity index (χ0v) is 11.3. The minimum Gasteiger partial charge on any atom is -0.493 e. The topological polar surface area (TPSA) is 35.2 Å². The van der Waals surface area contributed by atoms with Crippen LogP contribution in [0.1, 0.15) is 29.2 Å². The fourth-order valence-electron chi connectivity index (χ4n) is 2.65. The Bertz CT molecular complexity index is 612. The molecular weight excluding hydrogens is 253 g/mol. The van der Waals surface area contributed by atoms with Gasteiger partial charge >= 0.3 is 0 Å². The highest BCUT2D eigenvalue weighted by molar-refractivity contribution is 5.39. The van der Waals surface area contributed by atoms with Gasteiger partial charge in [0.05, 0.1) is 6.61 Å². The average molecular weight is 271 g/mol. The third-order valence-corrected chi connectivity index (χ3v) is 3.80. The van der Waals surface area contributed by atoms with Crippen molar-refractivity contribution in [1.82, 2.24) is 0 Å². The summed E-state index contributed by atoms with van der Waals surface area (Å²) in [6.07, 6.45) is 2.56. The Morgan fingerprint density at radius 2 is 2.05 bits per heavy atom. The first kappa shape index (κ1) is 13.1. The summed E-state index contributed by atoms with van der Waals surface area (Å²) in [6.45, 7) is 0.771. The van der Waals surface area contributed by atoms with Gasteiger partial charge in [-0.2, -0.15) is 0 Å². The first-order valence-electron chi connectivity index (χ1n) is 6.98. The Balaban J connectivity index is 1.66. The van der Waals surface area contributed by atoms with Gasteiger partial charge in [0, 0.05) is 18.0 Å². The van der Waals surface area contributed by atoms with Crippen LogP contribution in [0, 0.1) is 5.82 Å². The molecule has 3 heteroatoms. The number of fused-ring (bicyclic) bond motifs is 1. The molecule has 0 spiro atoms. The quantitative estimate of drug-likeness (QED) is 0.925. The molecule has 0 fully saturated rings. The zero-order valence-electron chi connectivity index (χ0n) is 11.3. The molecule has 1 atom stereocenters. The van der Waals surface area contributed by atoms with Crippen molar-refractivity contribution in [1.29, 1.82) is 0 Å². The fraction of sp³-hybridized carbons (Fsp3) is 0.294. The maximum absolute atomic E-state index is 13.6. The van der Waals surface area contributed by atoms with E-state index in [4.69, 9.17) is 10.5 Å². The molecule has 0 aliphatic carbocycles. The SMILES string of the molecule is NC(CCc1ccc2c(c1)CCO2)c1ccccc1F. The first-order valence-corrected chi connectivity index (χ1v) is 6.98. The van der Waals surface area contributed by atoms with Crippen molar-refractivity contribution in [2.75, 3.05) is 6.61 Å². The van der Waals surface area contributed by atoms with Crippen LogP contribution >= 0.6 is 0 Å². The third kappa shape index (κ3) is 2.68. The summed E-state index contributed by atoms with van der Waals surface area (Å²) in [7, 11) is 0. The van der Waals surface area contributed by atoms with Crippen molar-refractivity contribution in [3.8, 4) is 5.75 Å². The van der Waals surface area contributed by atoms with E-state index in [9.17, 15) is 4.39 Å². The monoisotopic (exact) mass is 271 g/mol. The highest BCUT2D eigenvalue weighted by Gasteiger charge is 2.14. The van der Waals surface area contributed by atoms with Crippen LogP contribution in [0.15, 0.2) is 42.5 Å². The molecule has 0 aromatic heterocycles. The summed E-state index contributed by atoms with van der Waals surface area (Å²) < 4.78 is 19.1. The summed E-state index contributed by atoms with van der Waals surface area (Å²) in [6, 6.07) is 12.7. The van der Waals surface area contributed by atoms with Crippen LogP contribution in [0.25, 0.3) is 0 Å². The van der Waals surface area contributed by atoms with Gasteiger partial charge in [0.25, 0.3) is 0 Å². The number of hydrogen-bond acceptors (Lipinski definition) is 2. The van der Waals surface area contributed by atoms with E-state index in [0.717, 1.165) is 31.6 Å². The van der Waals surface area contributed by atoms with Gasteiger partial charge < -0.3 is 10.5 Å². The second kappa shape index (κ2) is 5.63. The molecular formula is C17H18FNO. The summed E-state index contributed by atoms with van der Waals surface area (Å²) in [5.74, 6) is 0.773. The van der Waals surface area contributed by atoms with E-state index >= 15 is 0 Å². The van der Waals surface area contributed by atoms with Crippen LogP contribution in [0.3, 0.4) is 0 Å². The van der Waals surface area contributed by atoms with Crippen molar-refractivity contribution in [2.45, 2.75) is 25.3 Å². The van der Waals surface area contributed by atoms with E-state index in [2.05, 4.69) is 12.1 Å². The summed E-state index contributed by atoms with van der Waals surface area (Å²) in [4.78, 5) is 0. The lowest BCUT2D eigenvalue weighted by molar-refractivity contribution is 0.357. The Morgan fingerprint density at radius 3 is 2.90 bits per heavy atom. The zero-order chi connectivity index (χ0) is 13.9. The van der Waals surface area contributed by atoms with Crippen LogP contribution in [-0.2, 0) is 12.8 Å². The number of rotatable bonds is 4. The van der Waals surface area contributed by atoms with Gasteiger partial charge in [-0.05, 0) is 36.1 Å². The van der Waals surface area contributed by atoms with E-state index < -0.39 is 0 Å². The highest BCUT2D eigenvalue weighted by Crippen LogP contribution is 2.27. The normalized spacial score (nSPS) is 14.7. The van der Waals surface area contributed by atoms with Gasteiger partial charge in [0.15, 0.2) is 0 Å². The van der Waals surface area contributed by atoms with Gasteiger partial charge in [-0.3, -0.25) is 0 Å². The molecule has 0 radical (unpaired) electrons. The lowest BCUT2D eigenvalue weighted by atomic mass is 9.98. The number of benzene rings is 2. The van der Waals surface area contributed by atoms with Gasteiger partial charge in [-0.25, -0.2) is 4.39 Å². The minimum atomic E-state index is -0.263. The van der Waals surface area contributed by atoms with Gasteiger partial charge in [-0.1, -0.05) is 30.3 Å². The molecule has 2 aromatic rings. The fourth-order valence-corrected chi connectivity index (χ4v) is 2.65. The number of ether oxygens (including phenoxy) is 1. The summed E-state index contributed by atoms with van der Waals surface area (Å²) in [5, 5.41) is 0. The molecule has 1 heterocycles. The van der Waals surface area contributed by atoms with Crippen LogP contribution in [0.4, 0.5) is 4.39 Å². The van der Waals surface area contributed by atoms with Gasteiger partial charge in [0.1, 0.15) is 11.6 Å². The number of nitrogens with two attached hydrogens (primary N) is 1. The van der Waals surface area contributed by atoms with E-state index in [-0.39, 0.29) is 11.9 Å². The van der Waals surface area contributed by atoms with Crippen molar-refractivity contribution >= 4 is 0 Å². The number of aryl methyl sites for hydroxylation is 1. The molecule has 20 heavy (non-hydrogen) atoms. The second-order valence-corrected chi connectivity index (χ2v) is 5.21. The Morgan fingerprint density at radius 1 is 1.20 bits per heavy atom. The molecule has 0 bridgehead atoms. The minimum absolute atomic E-state index is 0.220. The molecule has 0 amide bonds. The van der Waals surface area contributed by atoms with E-state index in [1.165, 1.54) is 17.2 Å². The molecule has 2 N–H and O–H groups in total. The first-order chi connectivity index (χ1) is 9.74. The maximum Gasteiger partial charge on any atom is 0.127 e. The van der Waals surface area contributed by atoms with Crippen LogP contribution in [0.2, 0.25) is 0 Å². The molecule has 2 aromatic carbocycles. The smallest absolute Gasteiger partial charge is 0.127 e. The van der Waals surface area contributed by atoms with Crippen molar-refractivity contribution in [3.05, 3.63) is 65.0 Å². The van der Waals surface area contributed by atoms with Crippen molar-refractivity contribution < 1.29 is 9.13 Å². The molecule has 0 saturated carbocycles. The van der Waals surface area contributed by atoms with E-state index in [1.807, 2.05) is 12.1 Å². The Hall–Kier alpha value is -1.87. The molecule has 3 rings (SSSR count). The Kier molecular flexibility index (Phi) is 3.70. The molecule has 2 nitrogen and oxygen atoms in total. The van der Waals surface area contributed by atoms with Crippen LogP contribution < -0.4 is 10.5 Å². The number of hydrogen-bond donors (Lipinski definition) is 1. The van der Waals surface area contributed by atoms with E-state index in [0.29, 0.717) is 5.56 Å². The predicted octanol–water partition coefficient (Wildman–Crippen LogP) is 3.39. The maximum atomic E-state index is 13.6. The third-order valence-electron chi connectivity index (χ3n) is 3.80. The predicted molar refractivity (Wildman–Crippen MR) is 77.3 cm³/mol. The highest BCUT2D eigenvalue weighted by atomic mass is 19.1. The van der Waals surface area contributed by atoms with E-state index in [1.54, 1.807) is 12.1 Å². The standard InChI is InChI=1S/C17H18FNO/c18-15-4-2-1-3-14(15)16(19)7-5-12-6-8-17-13(11-12)9-10-20-17/h1-4,6,8,11,16H,5,7,9-10,19H2. The van der Waals surface area contributed by atoms with Crippen molar-refractivity contribution in [3.63, 3.8) is 0 Å². The average Bonchev–Trinajstić information content (AvgIpc) is 2.92. The lowest BCUT2D eigenvalue weighted by Gasteiger charge is -2.13. The second-order valence-electron chi connectivity index (χ2n) is 5.21. The Labute approximate surface area is 118 Å². The molecule has 104 valence electrons. The summed E-state index contributed by atoms with van der Waals surface area (Å²) >= 11 is 0. The number of halogens is 1. The molecule has 0 saturated heterocycles. The van der Waals surface area contributed by atoms with Gasteiger partial charge in [-0.15, -0.1) is 0 Å². The van der Waals surface area contributed by atoms with Crippen molar-refractivity contribution in [2.24, 2.45) is 5.73 Å². The summed E-state index contributed by atoms with van der Waals surface area (Å²) in [5.41, 5.74) is 9.19. The molecule has 1 unspecified atom stereocenters. The largest absolute Gasteiger partial charge is 0.493 e. The molecule has 1 aliphatic heterocycles. The van der Waals surface area contributed by atoms with Gasteiger partial charge in [0.2, 0.25) is 0 Å². The van der Waals surface area contributed by atoms with Crippen LogP contribution in [-0.4, -0.2) is 6.61 Å². The van der Waals surface area contributed by atoms with Crippen LogP contribution in [0.5, 0.6) is 5.75 Å². The molecule has 1 aliphatic rings. The lowest BCUT2D eigenvalue weighted by Crippen LogP contribution is -2.13.